The molecule has 1 aliphatic carbocycles. The van der Waals surface area contributed by atoms with Crippen LogP contribution >= 0.6 is 11.6 Å². The van der Waals surface area contributed by atoms with Gasteiger partial charge in [0.25, 0.3) is 0 Å². The lowest BCUT2D eigenvalue weighted by molar-refractivity contribution is -0.0666. The minimum atomic E-state index is -1.01. The second kappa shape index (κ2) is 5.91. The third-order valence-corrected chi connectivity index (χ3v) is 3.42. The van der Waals surface area contributed by atoms with Crippen molar-refractivity contribution in [3.63, 3.8) is 0 Å². The highest BCUT2D eigenvalue weighted by Gasteiger charge is 2.34. The van der Waals surface area contributed by atoms with Gasteiger partial charge in [0, 0.05) is 6.54 Å². The number of halogens is 1. The highest BCUT2D eigenvalue weighted by Crippen LogP contribution is 2.33. The summed E-state index contributed by atoms with van der Waals surface area (Å²) >= 11 is 6.12. The third-order valence-electron chi connectivity index (χ3n) is 3.03. The smallest absolute Gasteiger partial charge is 0.194 e. The van der Waals surface area contributed by atoms with Crippen molar-refractivity contribution in [2.24, 2.45) is 5.92 Å². The van der Waals surface area contributed by atoms with Crippen molar-refractivity contribution >= 4 is 11.6 Å². The monoisotopic (exact) mass is 269 g/mol. The highest BCUT2D eigenvalue weighted by atomic mass is 35.5. The molecule has 0 aromatic rings. The van der Waals surface area contributed by atoms with Crippen LogP contribution in [0.15, 0.2) is 34.5 Å². The van der Waals surface area contributed by atoms with E-state index in [-0.39, 0.29) is 6.10 Å². The summed E-state index contributed by atoms with van der Waals surface area (Å²) in [6.07, 6.45) is 7.11. The van der Waals surface area contributed by atoms with Gasteiger partial charge in [0.15, 0.2) is 6.29 Å². The van der Waals surface area contributed by atoms with E-state index < -0.39 is 6.29 Å². The molecule has 1 aliphatic heterocycles. The maximum absolute atomic E-state index is 9.73. The molecule has 0 aromatic heterocycles. The van der Waals surface area contributed by atoms with E-state index in [1.165, 1.54) is 0 Å². The van der Waals surface area contributed by atoms with Crippen LogP contribution in [0.2, 0.25) is 0 Å². The maximum Gasteiger partial charge on any atom is 0.194 e. The fourth-order valence-corrected chi connectivity index (χ4v) is 2.30. The molecular formula is C14H20ClNO2. The molecule has 0 fully saturated rings. The Kier molecular flexibility index (Phi) is 4.49. The number of ether oxygens (including phenoxy) is 1. The van der Waals surface area contributed by atoms with Gasteiger partial charge in [-0.05, 0) is 24.3 Å². The Balaban J connectivity index is 2.14. The third kappa shape index (κ3) is 2.97. The molecule has 2 aliphatic rings. The van der Waals surface area contributed by atoms with Gasteiger partial charge in [0.05, 0.1) is 10.7 Å². The molecule has 0 bridgehead atoms. The van der Waals surface area contributed by atoms with E-state index in [9.17, 15) is 5.11 Å². The van der Waals surface area contributed by atoms with Crippen LogP contribution in [0.3, 0.4) is 0 Å². The van der Waals surface area contributed by atoms with Gasteiger partial charge in [-0.25, -0.2) is 0 Å². The molecule has 2 rings (SSSR count). The summed E-state index contributed by atoms with van der Waals surface area (Å²) in [4.78, 5) is 0. The van der Waals surface area contributed by atoms with Crippen LogP contribution in [0.1, 0.15) is 26.7 Å². The van der Waals surface area contributed by atoms with Crippen molar-refractivity contribution in [2.45, 2.75) is 39.1 Å². The van der Waals surface area contributed by atoms with E-state index in [2.05, 4.69) is 31.3 Å². The number of hydrogen-bond acceptors (Lipinski definition) is 3. The van der Waals surface area contributed by atoms with Gasteiger partial charge in [-0.2, -0.15) is 0 Å². The van der Waals surface area contributed by atoms with E-state index in [1.54, 1.807) is 0 Å². The Hall–Kier alpha value is -0.770. The summed E-state index contributed by atoms with van der Waals surface area (Å²) in [5, 5.41) is 13.4. The van der Waals surface area contributed by atoms with Gasteiger partial charge in [-0.1, -0.05) is 43.7 Å². The van der Waals surface area contributed by atoms with Crippen molar-refractivity contribution in [1.82, 2.24) is 5.32 Å². The molecule has 4 heteroatoms. The Bertz CT molecular complexity index is 399. The second-order valence-electron chi connectivity index (χ2n) is 5.09. The summed E-state index contributed by atoms with van der Waals surface area (Å²) in [5.41, 5.74) is 1.87. The fourth-order valence-electron chi connectivity index (χ4n) is 2.08. The summed E-state index contributed by atoms with van der Waals surface area (Å²) in [5.74, 6) is 0.510. The average Bonchev–Trinajstić information content (AvgIpc) is 2.64. The Morgan fingerprint density at radius 2 is 2.28 bits per heavy atom. The molecule has 0 saturated heterocycles. The van der Waals surface area contributed by atoms with Gasteiger partial charge in [0.2, 0.25) is 0 Å². The molecule has 18 heavy (non-hydrogen) atoms. The summed E-state index contributed by atoms with van der Waals surface area (Å²) in [6, 6.07) is 0. The van der Waals surface area contributed by atoms with Crippen LogP contribution in [0.4, 0.5) is 0 Å². The largest absolute Gasteiger partial charge is 0.385 e. The van der Waals surface area contributed by atoms with E-state index >= 15 is 0 Å². The second-order valence-corrected chi connectivity index (χ2v) is 5.50. The van der Waals surface area contributed by atoms with Crippen LogP contribution in [-0.4, -0.2) is 24.0 Å². The van der Waals surface area contributed by atoms with E-state index in [1.807, 2.05) is 6.08 Å². The van der Waals surface area contributed by atoms with Gasteiger partial charge >= 0.3 is 0 Å². The Morgan fingerprint density at radius 3 is 2.89 bits per heavy atom. The van der Waals surface area contributed by atoms with Crippen LogP contribution in [0.25, 0.3) is 0 Å². The zero-order valence-corrected chi connectivity index (χ0v) is 11.6. The first-order chi connectivity index (χ1) is 8.59. The minimum absolute atomic E-state index is 0.261. The molecule has 2 unspecified atom stereocenters. The predicted octanol–water partition coefficient (Wildman–Crippen LogP) is 2.68. The van der Waals surface area contributed by atoms with Crippen molar-refractivity contribution in [2.75, 3.05) is 6.54 Å². The summed E-state index contributed by atoms with van der Waals surface area (Å²) < 4.78 is 5.53. The SMILES string of the molecule is CC(C)CNC1=C(Cl)C(O)OC1C1=CCCC=C1. The highest BCUT2D eigenvalue weighted by molar-refractivity contribution is 6.30. The topological polar surface area (TPSA) is 41.5 Å². The first-order valence-electron chi connectivity index (χ1n) is 6.43. The lowest BCUT2D eigenvalue weighted by Crippen LogP contribution is -2.27. The number of allylic oxidation sites excluding steroid dienone is 2. The average molecular weight is 270 g/mol. The molecule has 0 saturated carbocycles. The first kappa shape index (κ1) is 13.7. The van der Waals surface area contributed by atoms with Crippen molar-refractivity contribution < 1.29 is 9.84 Å². The van der Waals surface area contributed by atoms with E-state index in [0.29, 0.717) is 11.0 Å². The minimum Gasteiger partial charge on any atom is -0.385 e. The summed E-state index contributed by atoms with van der Waals surface area (Å²) in [6.45, 7) is 5.07. The van der Waals surface area contributed by atoms with Gasteiger partial charge < -0.3 is 15.2 Å². The number of hydrogen-bond donors (Lipinski definition) is 2. The quantitative estimate of drug-likeness (QED) is 0.825. The van der Waals surface area contributed by atoms with Crippen LogP contribution in [0.5, 0.6) is 0 Å². The van der Waals surface area contributed by atoms with Crippen LogP contribution in [0, 0.1) is 5.92 Å². The lowest BCUT2D eigenvalue weighted by atomic mass is 10.0. The van der Waals surface area contributed by atoms with Gasteiger partial charge in [-0.15, -0.1) is 0 Å². The molecule has 2 N–H and O–H groups in total. The van der Waals surface area contributed by atoms with Crippen molar-refractivity contribution in [3.05, 3.63) is 34.5 Å². The van der Waals surface area contributed by atoms with E-state index in [4.69, 9.17) is 16.3 Å². The zero-order valence-electron chi connectivity index (χ0n) is 10.8. The molecular weight excluding hydrogens is 250 g/mol. The maximum atomic E-state index is 9.73. The molecule has 0 radical (unpaired) electrons. The molecule has 100 valence electrons. The summed E-state index contributed by atoms with van der Waals surface area (Å²) in [7, 11) is 0. The normalized spacial score (nSPS) is 27.9. The molecule has 1 heterocycles. The Labute approximate surface area is 113 Å². The van der Waals surface area contributed by atoms with Crippen LogP contribution < -0.4 is 5.32 Å². The van der Waals surface area contributed by atoms with Crippen molar-refractivity contribution in [1.29, 1.82) is 0 Å². The molecule has 0 amide bonds. The number of nitrogens with one attached hydrogen (secondary N) is 1. The molecule has 0 spiro atoms. The lowest BCUT2D eigenvalue weighted by Gasteiger charge is -2.20. The number of aliphatic hydroxyl groups is 1. The fraction of sp³-hybridized carbons (Fsp3) is 0.571. The number of rotatable bonds is 4. The molecule has 0 aromatic carbocycles. The predicted molar refractivity (Wildman–Crippen MR) is 73.1 cm³/mol. The number of aliphatic hydroxyl groups excluding tert-OH is 1. The zero-order chi connectivity index (χ0) is 13.1. The standard InChI is InChI=1S/C14H20ClNO2/c1-9(2)8-16-12-11(15)14(17)18-13(12)10-6-4-3-5-7-10/h4,6-7,9,13-14,16-17H,3,5,8H2,1-2H3. The van der Waals surface area contributed by atoms with Crippen LogP contribution in [-0.2, 0) is 4.74 Å². The first-order valence-corrected chi connectivity index (χ1v) is 6.81. The molecule has 2 atom stereocenters. The molecule has 3 nitrogen and oxygen atoms in total. The van der Waals surface area contributed by atoms with Crippen molar-refractivity contribution in [3.8, 4) is 0 Å². The van der Waals surface area contributed by atoms with Gasteiger partial charge in [-0.3, -0.25) is 0 Å². The van der Waals surface area contributed by atoms with Gasteiger partial charge in [0.1, 0.15) is 6.10 Å². The Morgan fingerprint density at radius 1 is 1.50 bits per heavy atom. The van der Waals surface area contributed by atoms with E-state index in [0.717, 1.165) is 30.7 Å².